The molecule has 1 amide bonds. The summed E-state index contributed by atoms with van der Waals surface area (Å²) >= 11 is 0. The minimum Gasteiger partial charge on any atom is -0.358 e. The second kappa shape index (κ2) is 11.3. The standard InChI is InChI=1S/C36H41N5O2/c1-4-29-11-8-16-41(29)35(42)34(24(2)3)32-21-33(39-43-32)40-17-14-36(15-18-40)22-28(23-36)26-12-13-30-27(19-26)20-31(38-37-30)25-9-6-5-7-10-25/h4-7,9-10,12-13,19-21,24,28-29,34H,1,8,11,14-18,22-23H2,2-3H3. The van der Waals surface area contributed by atoms with Gasteiger partial charge in [0.2, 0.25) is 5.91 Å². The Morgan fingerprint density at radius 2 is 1.81 bits per heavy atom. The van der Waals surface area contributed by atoms with Crippen molar-refractivity contribution in [3.63, 3.8) is 0 Å². The third-order valence-electron chi connectivity index (χ3n) is 10.3. The van der Waals surface area contributed by atoms with Gasteiger partial charge in [-0.15, -0.1) is 16.8 Å². The fourth-order valence-corrected chi connectivity index (χ4v) is 7.71. The Morgan fingerprint density at radius 3 is 2.56 bits per heavy atom. The van der Waals surface area contributed by atoms with Crippen LogP contribution in [0.25, 0.3) is 22.2 Å². The maximum atomic E-state index is 13.5. The van der Waals surface area contributed by atoms with E-state index in [2.05, 4.69) is 77.1 Å². The Hall–Kier alpha value is -4.00. The first-order chi connectivity index (χ1) is 20.9. The van der Waals surface area contributed by atoms with Gasteiger partial charge in [-0.25, -0.2) is 0 Å². The molecule has 4 heterocycles. The highest BCUT2D eigenvalue weighted by molar-refractivity contribution is 5.84. The van der Waals surface area contributed by atoms with Crippen LogP contribution in [0.2, 0.25) is 0 Å². The van der Waals surface area contributed by atoms with Gasteiger partial charge in [0, 0.05) is 42.7 Å². The molecule has 1 spiro atoms. The summed E-state index contributed by atoms with van der Waals surface area (Å²) in [4.78, 5) is 17.9. The molecule has 2 aromatic carbocycles. The number of fused-ring (bicyclic) bond motifs is 1. The lowest BCUT2D eigenvalue weighted by molar-refractivity contribution is -0.134. The van der Waals surface area contributed by atoms with E-state index in [4.69, 9.17) is 4.52 Å². The van der Waals surface area contributed by atoms with Crippen molar-refractivity contribution in [3.05, 3.63) is 84.6 Å². The maximum absolute atomic E-state index is 13.5. The van der Waals surface area contributed by atoms with E-state index in [-0.39, 0.29) is 23.8 Å². The average Bonchev–Trinajstić information content (AvgIpc) is 3.70. The van der Waals surface area contributed by atoms with E-state index in [1.54, 1.807) is 0 Å². The number of hydrogen-bond donors (Lipinski definition) is 0. The third kappa shape index (κ3) is 5.23. The Bertz CT molecular complexity index is 1610. The minimum absolute atomic E-state index is 0.121. The van der Waals surface area contributed by atoms with Crippen molar-refractivity contribution >= 4 is 22.6 Å². The average molecular weight is 576 g/mol. The fourth-order valence-electron chi connectivity index (χ4n) is 7.71. The van der Waals surface area contributed by atoms with Crippen LogP contribution in [-0.2, 0) is 4.79 Å². The van der Waals surface area contributed by atoms with Crippen molar-refractivity contribution in [1.82, 2.24) is 20.3 Å². The molecule has 7 heteroatoms. The van der Waals surface area contributed by atoms with Crippen molar-refractivity contribution in [2.45, 2.75) is 70.3 Å². The van der Waals surface area contributed by atoms with Crippen molar-refractivity contribution in [2.24, 2.45) is 11.3 Å². The minimum atomic E-state index is -0.318. The van der Waals surface area contributed by atoms with Crippen LogP contribution in [0, 0.1) is 11.3 Å². The summed E-state index contributed by atoms with van der Waals surface area (Å²) in [7, 11) is 0. The predicted molar refractivity (Wildman–Crippen MR) is 170 cm³/mol. The van der Waals surface area contributed by atoms with E-state index >= 15 is 0 Å². The Kier molecular flexibility index (Phi) is 7.28. The zero-order valence-corrected chi connectivity index (χ0v) is 25.3. The Morgan fingerprint density at radius 1 is 1.02 bits per heavy atom. The van der Waals surface area contributed by atoms with Gasteiger partial charge in [-0.1, -0.05) is 61.5 Å². The van der Waals surface area contributed by atoms with Crippen LogP contribution < -0.4 is 4.90 Å². The molecule has 3 aliphatic rings. The summed E-state index contributed by atoms with van der Waals surface area (Å²) in [6, 6.07) is 21.3. The summed E-state index contributed by atoms with van der Waals surface area (Å²) < 4.78 is 5.86. The van der Waals surface area contributed by atoms with Gasteiger partial charge in [-0.05, 0) is 79.5 Å². The van der Waals surface area contributed by atoms with Crippen LogP contribution in [0.4, 0.5) is 5.82 Å². The molecule has 7 nitrogen and oxygen atoms in total. The highest BCUT2D eigenvalue weighted by Crippen LogP contribution is 2.57. The SMILES string of the molecule is C=CC1CCCN1C(=O)C(c1cc(N2CCC3(CC2)CC(c2ccc4nnc(-c5ccccc5)cc4c2)C3)no1)C(C)C. The Balaban J connectivity index is 0.989. The lowest BCUT2D eigenvalue weighted by Gasteiger charge is -2.52. The molecule has 2 aromatic heterocycles. The van der Waals surface area contributed by atoms with Gasteiger partial charge in [0.15, 0.2) is 11.6 Å². The van der Waals surface area contributed by atoms with E-state index in [0.29, 0.717) is 17.1 Å². The van der Waals surface area contributed by atoms with Gasteiger partial charge < -0.3 is 14.3 Å². The molecule has 2 unspecified atom stereocenters. The van der Waals surface area contributed by atoms with Crippen LogP contribution in [-0.4, -0.2) is 51.8 Å². The van der Waals surface area contributed by atoms with Crippen molar-refractivity contribution in [3.8, 4) is 11.3 Å². The molecule has 4 aromatic rings. The zero-order chi connectivity index (χ0) is 29.6. The van der Waals surface area contributed by atoms with E-state index in [0.717, 1.165) is 73.3 Å². The molecule has 0 bridgehead atoms. The van der Waals surface area contributed by atoms with Crippen LogP contribution >= 0.6 is 0 Å². The molecular formula is C36H41N5O2. The number of nitrogens with zero attached hydrogens (tertiary/aromatic N) is 5. The van der Waals surface area contributed by atoms with Crippen molar-refractivity contribution < 1.29 is 9.32 Å². The van der Waals surface area contributed by atoms with Crippen LogP contribution in [0.3, 0.4) is 0 Å². The van der Waals surface area contributed by atoms with Crippen LogP contribution in [0.1, 0.15) is 75.5 Å². The summed E-state index contributed by atoms with van der Waals surface area (Å²) in [6.07, 6.45) is 8.68. The quantitative estimate of drug-likeness (QED) is 0.214. The number of carbonyl (C=O) groups excluding carboxylic acids is 1. The molecule has 0 radical (unpaired) electrons. The van der Waals surface area contributed by atoms with Crippen LogP contribution in [0.15, 0.2) is 77.8 Å². The molecular weight excluding hydrogens is 534 g/mol. The van der Waals surface area contributed by atoms with Gasteiger partial charge >= 0.3 is 0 Å². The first kappa shape index (κ1) is 27.8. The summed E-state index contributed by atoms with van der Waals surface area (Å²) in [5, 5.41) is 14.5. The van der Waals surface area contributed by atoms with E-state index in [1.807, 2.05) is 35.2 Å². The van der Waals surface area contributed by atoms with Gasteiger partial charge in [0.1, 0.15) is 5.92 Å². The number of amides is 1. The van der Waals surface area contributed by atoms with Crippen LogP contribution in [0.5, 0.6) is 0 Å². The lowest BCUT2D eigenvalue weighted by Crippen LogP contribution is -2.46. The number of hydrogen-bond acceptors (Lipinski definition) is 6. The van der Waals surface area contributed by atoms with E-state index in [9.17, 15) is 4.79 Å². The lowest BCUT2D eigenvalue weighted by atomic mass is 9.56. The highest BCUT2D eigenvalue weighted by Gasteiger charge is 2.46. The van der Waals surface area contributed by atoms with Gasteiger partial charge in [-0.3, -0.25) is 4.79 Å². The number of benzene rings is 2. The molecule has 43 heavy (non-hydrogen) atoms. The second-order valence-electron chi connectivity index (χ2n) is 13.3. The summed E-state index contributed by atoms with van der Waals surface area (Å²) in [6.45, 7) is 10.9. The van der Waals surface area contributed by atoms with E-state index in [1.165, 1.54) is 18.4 Å². The molecule has 0 N–H and O–H groups in total. The largest absolute Gasteiger partial charge is 0.358 e. The number of carbonyl (C=O) groups is 1. The van der Waals surface area contributed by atoms with Crippen molar-refractivity contribution in [1.29, 1.82) is 0 Å². The summed E-state index contributed by atoms with van der Waals surface area (Å²) in [5.74, 6) is 2.09. The monoisotopic (exact) mass is 575 g/mol. The number of rotatable bonds is 7. The molecule has 1 aliphatic carbocycles. The first-order valence-electron chi connectivity index (χ1n) is 15.9. The molecule has 2 atom stereocenters. The number of aromatic nitrogens is 3. The van der Waals surface area contributed by atoms with Gasteiger partial charge in [0.05, 0.1) is 11.2 Å². The smallest absolute Gasteiger partial charge is 0.234 e. The number of likely N-dealkylation sites (tertiary alicyclic amines) is 1. The second-order valence-corrected chi connectivity index (χ2v) is 13.3. The topological polar surface area (TPSA) is 75.4 Å². The van der Waals surface area contributed by atoms with Crippen molar-refractivity contribution in [2.75, 3.05) is 24.5 Å². The Labute approximate surface area is 254 Å². The number of anilines is 1. The predicted octanol–water partition coefficient (Wildman–Crippen LogP) is 7.37. The normalized spacial score (nSPS) is 21.0. The molecule has 2 saturated heterocycles. The molecule has 3 fully saturated rings. The van der Waals surface area contributed by atoms with Gasteiger partial charge in [-0.2, -0.15) is 0 Å². The number of piperidine rings is 1. The first-order valence-corrected chi connectivity index (χ1v) is 15.9. The summed E-state index contributed by atoms with van der Waals surface area (Å²) in [5.41, 5.74) is 4.77. The fraction of sp³-hybridized carbons (Fsp3) is 0.444. The molecule has 7 rings (SSSR count). The highest BCUT2D eigenvalue weighted by atomic mass is 16.5. The maximum Gasteiger partial charge on any atom is 0.234 e. The third-order valence-corrected chi connectivity index (χ3v) is 10.3. The van der Waals surface area contributed by atoms with E-state index < -0.39 is 0 Å². The van der Waals surface area contributed by atoms with Gasteiger partial charge in [0.25, 0.3) is 0 Å². The molecule has 222 valence electrons. The molecule has 2 aliphatic heterocycles. The zero-order valence-electron chi connectivity index (χ0n) is 25.3. The molecule has 1 saturated carbocycles.